The van der Waals surface area contributed by atoms with Crippen LogP contribution < -0.4 is 10.5 Å². The van der Waals surface area contributed by atoms with E-state index in [1.165, 1.54) is 12.8 Å². The second-order valence-electron chi connectivity index (χ2n) is 5.37. The Bertz CT molecular complexity index is 511. The summed E-state index contributed by atoms with van der Waals surface area (Å²) < 4.78 is 27.0. The molecule has 1 aliphatic rings. The van der Waals surface area contributed by atoms with E-state index in [-0.39, 0.29) is 0 Å². The standard InChI is InChI=1S/C14H22N2O2S/c1-11-3-2-4-13(11)10-16-19(17,18)14-7-5-12(9-15)6-8-14/h5-8,11,13,16H,2-4,9-10,15H2,1H3. The third kappa shape index (κ3) is 3.55. The minimum Gasteiger partial charge on any atom is -0.326 e. The Balaban J connectivity index is 2.01. The molecule has 2 unspecified atom stereocenters. The van der Waals surface area contributed by atoms with E-state index in [0.29, 0.717) is 29.8 Å². The van der Waals surface area contributed by atoms with E-state index in [4.69, 9.17) is 5.73 Å². The summed E-state index contributed by atoms with van der Waals surface area (Å²) in [6, 6.07) is 6.74. The van der Waals surface area contributed by atoms with Crippen LogP contribution >= 0.6 is 0 Å². The van der Waals surface area contributed by atoms with Crippen molar-refractivity contribution in [2.75, 3.05) is 6.54 Å². The second kappa shape index (κ2) is 6.03. The van der Waals surface area contributed by atoms with E-state index in [1.807, 2.05) is 0 Å². The molecule has 0 amide bonds. The summed E-state index contributed by atoms with van der Waals surface area (Å²) in [5.41, 5.74) is 6.43. The fourth-order valence-corrected chi connectivity index (χ4v) is 3.72. The maximum absolute atomic E-state index is 12.2. The van der Waals surface area contributed by atoms with E-state index in [0.717, 1.165) is 12.0 Å². The maximum atomic E-state index is 12.2. The zero-order valence-corrected chi connectivity index (χ0v) is 12.1. The molecule has 4 nitrogen and oxygen atoms in total. The molecule has 0 bridgehead atoms. The zero-order chi connectivity index (χ0) is 13.9. The quantitative estimate of drug-likeness (QED) is 0.866. The molecular formula is C14H22N2O2S. The van der Waals surface area contributed by atoms with Gasteiger partial charge in [-0.3, -0.25) is 0 Å². The number of benzene rings is 1. The molecule has 1 saturated carbocycles. The van der Waals surface area contributed by atoms with Gasteiger partial charge in [-0.2, -0.15) is 0 Å². The molecule has 19 heavy (non-hydrogen) atoms. The highest BCUT2D eigenvalue weighted by Gasteiger charge is 2.25. The SMILES string of the molecule is CC1CCCC1CNS(=O)(=O)c1ccc(CN)cc1. The zero-order valence-electron chi connectivity index (χ0n) is 11.3. The average molecular weight is 282 g/mol. The number of nitrogens with two attached hydrogens (primary N) is 1. The summed E-state index contributed by atoms with van der Waals surface area (Å²) in [5, 5.41) is 0. The number of sulfonamides is 1. The topological polar surface area (TPSA) is 72.2 Å². The van der Waals surface area contributed by atoms with Crippen molar-refractivity contribution in [3.05, 3.63) is 29.8 Å². The van der Waals surface area contributed by atoms with E-state index in [9.17, 15) is 8.42 Å². The number of nitrogens with one attached hydrogen (secondary N) is 1. The van der Waals surface area contributed by atoms with E-state index in [1.54, 1.807) is 24.3 Å². The van der Waals surface area contributed by atoms with E-state index < -0.39 is 10.0 Å². The van der Waals surface area contributed by atoms with Gasteiger partial charge in [0.05, 0.1) is 4.90 Å². The number of rotatable bonds is 5. The monoisotopic (exact) mass is 282 g/mol. The van der Waals surface area contributed by atoms with Crippen LogP contribution in [0.3, 0.4) is 0 Å². The highest BCUT2D eigenvalue weighted by Crippen LogP contribution is 2.30. The summed E-state index contributed by atoms with van der Waals surface area (Å²) in [6.45, 7) is 3.16. The fourth-order valence-electron chi connectivity index (χ4n) is 2.63. The van der Waals surface area contributed by atoms with Crippen LogP contribution in [-0.2, 0) is 16.6 Å². The highest BCUT2D eigenvalue weighted by atomic mass is 32.2. The second-order valence-corrected chi connectivity index (χ2v) is 7.14. The van der Waals surface area contributed by atoms with Crippen molar-refractivity contribution < 1.29 is 8.42 Å². The van der Waals surface area contributed by atoms with Gasteiger partial charge < -0.3 is 5.73 Å². The van der Waals surface area contributed by atoms with Crippen LogP contribution in [0.4, 0.5) is 0 Å². The Morgan fingerprint density at radius 3 is 2.47 bits per heavy atom. The molecule has 106 valence electrons. The molecule has 1 aliphatic carbocycles. The molecule has 0 saturated heterocycles. The lowest BCUT2D eigenvalue weighted by molar-refractivity contribution is 0.414. The Kier molecular flexibility index (Phi) is 4.60. The Labute approximate surface area is 115 Å². The van der Waals surface area contributed by atoms with Crippen molar-refractivity contribution in [2.45, 2.75) is 37.6 Å². The first-order chi connectivity index (χ1) is 9.03. The summed E-state index contributed by atoms with van der Waals surface area (Å²) in [6.07, 6.45) is 3.53. The van der Waals surface area contributed by atoms with Gasteiger partial charge in [-0.15, -0.1) is 0 Å². The molecule has 0 spiro atoms. The van der Waals surface area contributed by atoms with Crippen molar-refractivity contribution >= 4 is 10.0 Å². The fraction of sp³-hybridized carbons (Fsp3) is 0.571. The lowest BCUT2D eigenvalue weighted by Crippen LogP contribution is -2.30. The molecule has 2 rings (SSSR count). The smallest absolute Gasteiger partial charge is 0.240 e. The molecule has 1 aromatic rings. The van der Waals surface area contributed by atoms with E-state index in [2.05, 4.69) is 11.6 Å². The van der Waals surface area contributed by atoms with Crippen molar-refractivity contribution in [1.82, 2.24) is 4.72 Å². The van der Waals surface area contributed by atoms with Crippen LogP contribution in [-0.4, -0.2) is 15.0 Å². The first-order valence-electron chi connectivity index (χ1n) is 6.81. The number of hydrogen-bond acceptors (Lipinski definition) is 3. The van der Waals surface area contributed by atoms with Gasteiger partial charge in [0.15, 0.2) is 0 Å². The van der Waals surface area contributed by atoms with Gasteiger partial charge in [-0.05, 0) is 36.0 Å². The van der Waals surface area contributed by atoms with Gasteiger partial charge in [0.1, 0.15) is 0 Å². The molecule has 0 heterocycles. The van der Waals surface area contributed by atoms with Gasteiger partial charge in [-0.25, -0.2) is 13.1 Å². The molecule has 5 heteroatoms. The van der Waals surface area contributed by atoms with Gasteiger partial charge >= 0.3 is 0 Å². The normalized spacial score (nSPS) is 23.7. The first kappa shape index (κ1) is 14.5. The van der Waals surface area contributed by atoms with Gasteiger partial charge in [-0.1, -0.05) is 31.9 Å². The summed E-state index contributed by atoms with van der Waals surface area (Å²) in [5.74, 6) is 1.08. The van der Waals surface area contributed by atoms with Crippen LogP contribution in [0.15, 0.2) is 29.2 Å². The van der Waals surface area contributed by atoms with Crippen molar-refractivity contribution in [1.29, 1.82) is 0 Å². The van der Waals surface area contributed by atoms with Crippen LogP contribution in [0.1, 0.15) is 31.7 Å². The lowest BCUT2D eigenvalue weighted by atomic mass is 9.99. The predicted molar refractivity (Wildman–Crippen MR) is 76.0 cm³/mol. The van der Waals surface area contributed by atoms with Crippen LogP contribution in [0, 0.1) is 11.8 Å². The average Bonchev–Trinajstić information content (AvgIpc) is 2.82. The molecule has 3 N–H and O–H groups in total. The van der Waals surface area contributed by atoms with Crippen molar-refractivity contribution in [3.8, 4) is 0 Å². The summed E-state index contributed by atoms with van der Waals surface area (Å²) in [7, 11) is -3.39. The molecule has 0 radical (unpaired) electrons. The van der Waals surface area contributed by atoms with E-state index >= 15 is 0 Å². The third-order valence-corrected chi connectivity index (χ3v) is 5.48. The first-order valence-corrected chi connectivity index (χ1v) is 8.30. The minimum atomic E-state index is -3.39. The molecular weight excluding hydrogens is 260 g/mol. The number of hydrogen-bond donors (Lipinski definition) is 2. The van der Waals surface area contributed by atoms with Crippen LogP contribution in [0.2, 0.25) is 0 Å². The largest absolute Gasteiger partial charge is 0.326 e. The summed E-state index contributed by atoms with van der Waals surface area (Å²) >= 11 is 0. The Morgan fingerprint density at radius 1 is 1.26 bits per heavy atom. The molecule has 0 aromatic heterocycles. The van der Waals surface area contributed by atoms with Crippen molar-refractivity contribution in [3.63, 3.8) is 0 Å². The van der Waals surface area contributed by atoms with Gasteiger partial charge in [0.2, 0.25) is 10.0 Å². The molecule has 1 fully saturated rings. The Hall–Kier alpha value is -0.910. The molecule has 0 aliphatic heterocycles. The third-order valence-electron chi connectivity index (χ3n) is 4.04. The predicted octanol–water partition coefficient (Wildman–Crippen LogP) is 1.86. The van der Waals surface area contributed by atoms with Crippen LogP contribution in [0.5, 0.6) is 0 Å². The minimum absolute atomic E-state index is 0.315. The van der Waals surface area contributed by atoms with Gasteiger partial charge in [0, 0.05) is 13.1 Å². The highest BCUT2D eigenvalue weighted by molar-refractivity contribution is 7.89. The molecule has 1 aromatic carbocycles. The lowest BCUT2D eigenvalue weighted by Gasteiger charge is -2.16. The van der Waals surface area contributed by atoms with Crippen LogP contribution in [0.25, 0.3) is 0 Å². The van der Waals surface area contributed by atoms with Crippen molar-refractivity contribution in [2.24, 2.45) is 17.6 Å². The maximum Gasteiger partial charge on any atom is 0.240 e. The summed E-state index contributed by atoms with van der Waals surface area (Å²) in [4.78, 5) is 0.315. The molecule has 2 atom stereocenters. The Morgan fingerprint density at radius 2 is 1.95 bits per heavy atom. The van der Waals surface area contributed by atoms with Gasteiger partial charge in [0.25, 0.3) is 0 Å².